The highest BCUT2D eigenvalue weighted by Gasteiger charge is 2.22. The van der Waals surface area contributed by atoms with Crippen LogP contribution >= 0.6 is 11.3 Å². The Morgan fingerprint density at radius 2 is 2.09 bits per heavy atom. The van der Waals surface area contributed by atoms with Crippen molar-refractivity contribution >= 4 is 27.5 Å². The van der Waals surface area contributed by atoms with E-state index in [0.29, 0.717) is 16.8 Å². The lowest BCUT2D eigenvalue weighted by atomic mass is 10.2. The van der Waals surface area contributed by atoms with Crippen molar-refractivity contribution < 1.29 is 4.79 Å². The van der Waals surface area contributed by atoms with Crippen LogP contribution in [-0.2, 0) is 19.4 Å². The number of carbonyl (C=O) groups excluding carboxylic acids is 1. The number of nitrogens with zero attached hydrogens (tertiary/aromatic N) is 1. The minimum Gasteiger partial charge on any atom is -0.345 e. The molecule has 0 fully saturated rings. The topological polar surface area (TPSA) is 74.8 Å². The fourth-order valence-corrected chi connectivity index (χ4v) is 4.23. The third kappa shape index (κ3) is 2.55. The second-order valence-corrected chi connectivity index (χ2v) is 6.70. The third-order valence-electron chi connectivity index (χ3n) is 4.09. The lowest BCUT2D eigenvalue weighted by molar-refractivity contribution is 0.0940. The predicted molar refractivity (Wildman–Crippen MR) is 89.9 cm³/mol. The van der Waals surface area contributed by atoms with Gasteiger partial charge in [0.1, 0.15) is 4.83 Å². The van der Waals surface area contributed by atoms with E-state index in [0.717, 1.165) is 30.4 Å². The Hall–Kier alpha value is -2.47. The summed E-state index contributed by atoms with van der Waals surface area (Å²) in [5.74, 6) is -0.278. The van der Waals surface area contributed by atoms with E-state index in [9.17, 15) is 9.59 Å². The normalized spacial score (nSPS) is 13.2. The number of H-pyrrole nitrogens is 1. The van der Waals surface area contributed by atoms with Gasteiger partial charge in [0.05, 0.1) is 5.39 Å². The van der Waals surface area contributed by atoms with Crippen LogP contribution < -0.4 is 10.9 Å². The van der Waals surface area contributed by atoms with Gasteiger partial charge in [0, 0.05) is 11.4 Å². The summed E-state index contributed by atoms with van der Waals surface area (Å²) in [6, 6.07) is 9.63. The molecule has 0 spiro atoms. The minimum absolute atomic E-state index is 0.0818. The van der Waals surface area contributed by atoms with E-state index >= 15 is 0 Å². The zero-order valence-corrected chi connectivity index (χ0v) is 13.2. The van der Waals surface area contributed by atoms with E-state index < -0.39 is 0 Å². The van der Waals surface area contributed by atoms with Crippen molar-refractivity contribution in [2.75, 3.05) is 0 Å². The van der Waals surface area contributed by atoms with E-state index in [1.807, 2.05) is 30.3 Å². The Morgan fingerprint density at radius 1 is 1.26 bits per heavy atom. The van der Waals surface area contributed by atoms with Gasteiger partial charge in [-0.1, -0.05) is 30.3 Å². The summed E-state index contributed by atoms with van der Waals surface area (Å²) in [5.41, 5.74) is 1.91. The number of rotatable bonds is 3. The van der Waals surface area contributed by atoms with Crippen LogP contribution in [0, 0.1) is 0 Å². The van der Waals surface area contributed by atoms with Gasteiger partial charge in [-0.05, 0) is 30.4 Å². The molecule has 3 aromatic rings. The number of aryl methyl sites for hydroxylation is 2. The van der Waals surface area contributed by atoms with Crippen molar-refractivity contribution in [3.8, 4) is 0 Å². The van der Waals surface area contributed by atoms with Crippen molar-refractivity contribution in [3.63, 3.8) is 0 Å². The molecule has 0 saturated heterocycles. The van der Waals surface area contributed by atoms with Crippen LogP contribution in [0.1, 0.15) is 33.0 Å². The average Bonchev–Trinajstić information content (AvgIpc) is 3.13. The Kier molecular flexibility index (Phi) is 3.46. The molecule has 0 aliphatic heterocycles. The largest absolute Gasteiger partial charge is 0.345 e. The second-order valence-electron chi connectivity index (χ2n) is 5.62. The number of carbonyl (C=O) groups is 1. The summed E-state index contributed by atoms with van der Waals surface area (Å²) in [4.78, 5) is 33.5. The van der Waals surface area contributed by atoms with E-state index in [-0.39, 0.29) is 17.3 Å². The first-order chi connectivity index (χ1) is 11.2. The van der Waals surface area contributed by atoms with Crippen LogP contribution in [0.25, 0.3) is 10.2 Å². The fourth-order valence-electron chi connectivity index (χ4n) is 2.97. The van der Waals surface area contributed by atoms with E-state index in [2.05, 4.69) is 15.3 Å². The molecule has 1 amide bonds. The van der Waals surface area contributed by atoms with Gasteiger partial charge in [0.2, 0.25) is 5.82 Å². The number of hydrogen-bond acceptors (Lipinski definition) is 4. The molecule has 5 nitrogen and oxygen atoms in total. The molecule has 2 heterocycles. The van der Waals surface area contributed by atoms with Crippen molar-refractivity contribution in [1.82, 2.24) is 15.3 Å². The molecule has 1 aliphatic rings. The number of nitrogens with one attached hydrogen (secondary N) is 2. The van der Waals surface area contributed by atoms with Crippen LogP contribution in [-0.4, -0.2) is 15.9 Å². The number of thiophene rings is 1. The van der Waals surface area contributed by atoms with Gasteiger partial charge in [-0.2, -0.15) is 0 Å². The quantitative estimate of drug-likeness (QED) is 0.776. The molecule has 0 saturated carbocycles. The smallest absolute Gasteiger partial charge is 0.287 e. The van der Waals surface area contributed by atoms with Gasteiger partial charge in [-0.25, -0.2) is 4.98 Å². The molecule has 0 unspecified atom stereocenters. The molecule has 23 heavy (non-hydrogen) atoms. The molecule has 4 rings (SSSR count). The summed E-state index contributed by atoms with van der Waals surface area (Å²) in [6.07, 6.45) is 3.03. The number of aromatic amines is 1. The summed E-state index contributed by atoms with van der Waals surface area (Å²) >= 11 is 1.54. The van der Waals surface area contributed by atoms with Crippen LogP contribution in [0.4, 0.5) is 0 Å². The van der Waals surface area contributed by atoms with Crippen LogP contribution in [0.15, 0.2) is 35.1 Å². The predicted octanol–water partition coefficient (Wildman–Crippen LogP) is 2.40. The standard InChI is InChI=1S/C17H15N3O2S/c21-15-13-11-7-4-8-12(11)23-17(13)20-14(19-15)16(22)18-9-10-5-2-1-3-6-10/h1-3,5-6H,4,7-9H2,(H,18,22)(H,19,20,21). The monoisotopic (exact) mass is 325 g/mol. The summed E-state index contributed by atoms with van der Waals surface area (Å²) in [7, 11) is 0. The summed E-state index contributed by atoms with van der Waals surface area (Å²) in [6.45, 7) is 0.405. The van der Waals surface area contributed by atoms with E-state index in [4.69, 9.17) is 0 Å². The molecule has 0 atom stereocenters. The molecule has 0 radical (unpaired) electrons. The maximum atomic E-state index is 12.3. The third-order valence-corrected chi connectivity index (χ3v) is 5.27. The summed E-state index contributed by atoms with van der Waals surface area (Å²) in [5, 5.41) is 3.46. The van der Waals surface area contributed by atoms with Crippen LogP contribution in [0.3, 0.4) is 0 Å². The first-order valence-electron chi connectivity index (χ1n) is 7.59. The van der Waals surface area contributed by atoms with Gasteiger partial charge < -0.3 is 10.3 Å². The van der Waals surface area contributed by atoms with Gasteiger partial charge in [-0.15, -0.1) is 11.3 Å². The molecule has 116 valence electrons. The van der Waals surface area contributed by atoms with Crippen molar-refractivity contribution in [1.29, 1.82) is 0 Å². The number of hydrogen-bond donors (Lipinski definition) is 2. The Labute approximate surface area is 136 Å². The number of fused-ring (bicyclic) bond motifs is 3. The maximum Gasteiger partial charge on any atom is 0.287 e. The minimum atomic E-state index is -0.360. The highest BCUT2D eigenvalue weighted by atomic mass is 32.1. The Morgan fingerprint density at radius 3 is 2.91 bits per heavy atom. The second kappa shape index (κ2) is 5.62. The Bertz CT molecular complexity index is 944. The van der Waals surface area contributed by atoms with Crippen molar-refractivity contribution in [3.05, 3.63) is 62.5 Å². The highest BCUT2D eigenvalue weighted by Crippen LogP contribution is 2.34. The molecule has 6 heteroatoms. The van der Waals surface area contributed by atoms with Crippen LogP contribution in [0.2, 0.25) is 0 Å². The maximum absolute atomic E-state index is 12.3. The number of benzene rings is 1. The van der Waals surface area contributed by atoms with Crippen LogP contribution in [0.5, 0.6) is 0 Å². The zero-order chi connectivity index (χ0) is 15.8. The average molecular weight is 325 g/mol. The highest BCUT2D eigenvalue weighted by molar-refractivity contribution is 7.18. The molecular formula is C17H15N3O2S. The van der Waals surface area contributed by atoms with E-state index in [1.54, 1.807) is 0 Å². The van der Waals surface area contributed by atoms with Gasteiger partial charge in [0.15, 0.2) is 0 Å². The number of amides is 1. The molecular weight excluding hydrogens is 310 g/mol. The van der Waals surface area contributed by atoms with Crippen molar-refractivity contribution in [2.24, 2.45) is 0 Å². The van der Waals surface area contributed by atoms with E-state index in [1.165, 1.54) is 16.2 Å². The number of aromatic nitrogens is 2. The molecule has 0 bridgehead atoms. The van der Waals surface area contributed by atoms with Gasteiger partial charge >= 0.3 is 0 Å². The van der Waals surface area contributed by atoms with Crippen molar-refractivity contribution in [2.45, 2.75) is 25.8 Å². The SMILES string of the molecule is O=C(NCc1ccccc1)c1nc2sc3c(c2c(=O)[nH]1)CCC3. The fraction of sp³-hybridized carbons (Fsp3) is 0.235. The molecule has 1 aliphatic carbocycles. The lowest BCUT2D eigenvalue weighted by Crippen LogP contribution is -2.27. The first-order valence-corrected chi connectivity index (χ1v) is 8.41. The lowest BCUT2D eigenvalue weighted by Gasteiger charge is -2.05. The first kappa shape index (κ1) is 14.1. The molecule has 2 N–H and O–H groups in total. The molecule has 1 aromatic carbocycles. The van der Waals surface area contributed by atoms with Gasteiger partial charge in [-0.3, -0.25) is 9.59 Å². The molecule has 2 aromatic heterocycles. The van der Waals surface area contributed by atoms with Gasteiger partial charge in [0.25, 0.3) is 11.5 Å². The zero-order valence-electron chi connectivity index (χ0n) is 12.4. The summed E-state index contributed by atoms with van der Waals surface area (Å²) < 4.78 is 0. The Balaban J connectivity index is 1.62.